The lowest BCUT2D eigenvalue weighted by atomic mass is 9.73. The predicted octanol–water partition coefficient (Wildman–Crippen LogP) is 5.74. The molecule has 3 heterocycles. The molecule has 6 heteroatoms. The highest BCUT2D eigenvalue weighted by molar-refractivity contribution is 8.03. The Morgan fingerprint density at radius 3 is 2.69 bits per heavy atom. The van der Waals surface area contributed by atoms with Crippen molar-refractivity contribution in [2.45, 2.75) is 72.7 Å². The number of hydrogen-bond acceptors (Lipinski definition) is 5. The van der Waals surface area contributed by atoms with Gasteiger partial charge < -0.3 is 10.1 Å². The van der Waals surface area contributed by atoms with Crippen molar-refractivity contribution in [2.24, 2.45) is 17.3 Å². The van der Waals surface area contributed by atoms with E-state index in [4.69, 9.17) is 4.74 Å². The highest BCUT2D eigenvalue weighted by atomic mass is 32.2. The molecule has 0 spiro atoms. The second-order valence-corrected chi connectivity index (χ2v) is 10.9. The number of halogens is 1. The van der Waals surface area contributed by atoms with Crippen molar-refractivity contribution >= 4 is 11.8 Å². The molecule has 0 aromatic carbocycles. The first-order valence-corrected chi connectivity index (χ1v) is 11.6. The van der Waals surface area contributed by atoms with Crippen molar-refractivity contribution in [3.8, 4) is 5.88 Å². The molecule has 3 rings (SSSR count). The van der Waals surface area contributed by atoms with Crippen LogP contribution in [0.4, 0.5) is 4.39 Å². The first-order valence-electron chi connectivity index (χ1n) is 10.7. The van der Waals surface area contributed by atoms with E-state index in [0.29, 0.717) is 29.2 Å². The van der Waals surface area contributed by atoms with E-state index in [9.17, 15) is 4.39 Å². The van der Waals surface area contributed by atoms with Crippen molar-refractivity contribution in [3.05, 3.63) is 34.5 Å². The number of hydrogen-bond donors (Lipinski definition) is 1. The molecule has 0 bridgehead atoms. The average Bonchev–Trinajstić information content (AvgIpc) is 3.01. The van der Waals surface area contributed by atoms with Gasteiger partial charge in [0.25, 0.3) is 0 Å². The van der Waals surface area contributed by atoms with Crippen LogP contribution in [0.15, 0.2) is 28.9 Å². The summed E-state index contributed by atoms with van der Waals surface area (Å²) < 4.78 is 18.8. The molecule has 1 aromatic heterocycles. The van der Waals surface area contributed by atoms with Gasteiger partial charge in [-0.2, -0.15) is 0 Å². The van der Waals surface area contributed by atoms with Gasteiger partial charge in [-0.25, -0.2) is 9.37 Å². The number of nitrogens with one attached hydrogen (secondary N) is 1. The summed E-state index contributed by atoms with van der Waals surface area (Å²) in [5, 5.41) is 3.58. The molecule has 0 radical (unpaired) electrons. The SMILES string of the molecule is CC1=C(C(C)N2CC(C(C)(C)C)C[C@@H](C)C2)SC(c2cccnc2OC(C)F)N1. The molecule has 0 amide bonds. The summed E-state index contributed by atoms with van der Waals surface area (Å²) in [6.45, 7) is 17.6. The molecule has 1 aromatic rings. The van der Waals surface area contributed by atoms with Gasteiger partial charge in [0.15, 0.2) is 0 Å². The van der Waals surface area contributed by atoms with Gasteiger partial charge in [0, 0.05) is 48.4 Å². The Morgan fingerprint density at radius 2 is 2.03 bits per heavy atom. The largest absolute Gasteiger partial charge is 0.443 e. The monoisotopic (exact) mass is 421 g/mol. The molecule has 29 heavy (non-hydrogen) atoms. The van der Waals surface area contributed by atoms with E-state index >= 15 is 0 Å². The lowest BCUT2D eigenvalue weighted by Crippen LogP contribution is -2.48. The summed E-state index contributed by atoms with van der Waals surface area (Å²) in [4.78, 5) is 8.25. The highest BCUT2D eigenvalue weighted by Crippen LogP contribution is 2.46. The smallest absolute Gasteiger partial charge is 0.237 e. The molecule has 1 fully saturated rings. The Kier molecular flexibility index (Phi) is 6.84. The predicted molar refractivity (Wildman–Crippen MR) is 119 cm³/mol. The summed E-state index contributed by atoms with van der Waals surface area (Å²) >= 11 is 1.81. The maximum Gasteiger partial charge on any atom is 0.237 e. The van der Waals surface area contributed by atoms with Crippen LogP contribution in [-0.4, -0.2) is 35.4 Å². The van der Waals surface area contributed by atoms with Crippen LogP contribution in [0.3, 0.4) is 0 Å². The minimum absolute atomic E-state index is 0.00414. The quantitative estimate of drug-likeness (QED) is 0.657. The van der Waals surface area contributed by atoms with Crippen LogP contribution in [0, 0.1) is 17.3 Å². The number of piperidine rings is 1. The van der Waals surface area contributed by atoms with Gasteiger partial charge in [0.2, 0.25) is 12.2 Å². The molecule has 2 aliphatic heterocycles. The summed E-state index contributed by atoms with van der Waals surface area (Å²) in [6, 6.07) is 4.20. The molecule has 1 saturated heterocycles. The van der Waals surface area contributed by atoms with E-state index in [1.165, 1.54) is 23.9 Å². The minimum Gasteiger partial charge on any atom is -0.443 e. The van der Waals surface area contributed by atoms with Gasteiger partial charge in [0.1, 0.15) is 5.37 Å². The second kappa shape index (κ2) is 8.84. The molecular weight excluding hydrogens is 385 g/mol. The van der Waals surface area contributed by atoms with Gasteiger partial charge >= 0.3 is 0 Å². The number of pyridine rings is 1. The van der Waals surface area contributed by atoms with Gasteiger partial charge in [-0.1, -0.05) is 39.5 Å². The lowest BCUT2D eigenvalue weighted by Gasteiger charge is -2.45. The van der Waals surface area contributed by atoms with Crippen molar-refractivity contribution in [1.82, 2.24) is 15.2 Å². The van der Waals surface area contributed by atoms with E-state index in [0.717, 1.165) is 18.7 Å². The summed E-state index contributed by atoms with van der Waals surface area (Å²) in [7, 11) is 0. The lowest BCUT2D eigenvalue weighted by molar-refractivity contribution is 0.0551. The molecule has 0 saturated carbocycles. The maximum absolute atomic E-state index is 13.4. The number of allylic oxidation sites excluding steroid dienone is 1. The van der Waals surface area contributed by atoms with Crippen LogP contribution in [-0.2, 0) is 0 Å². The third kappa shape index (κ3) is 5.26. The minimum atomic E-state index is -1.38. The molecule has 1 N–H and O–H groups in total. The second-order valence-electron chi connectivity index (χ2n) is 9.72. The van der Waals surface area contributed by atoms with E-state index < -0.39 is 6.36 Å². The molecule has 4 nitrogen and oxygen atoms in total. The standard InChI is InChI=1S/C23H36FN3OS/c1-14-11-18(23(5,6)7)13-27(12-14)16(3)20-15(2)26-22(29-20)19-9-8-10-25-21(19)28-17(4)24/h8-10,14,16-18,22,26H,11-13H2,1-7H3/t14-,16?,17?,18?,22?/m1/s1. The fourth-order valence-corrected chi connectivity index (χ4v) is 5.80. The zero-order valence-corrected chi connectivity index (χ0v) is 19.6. The number of nitrogens with zero attached hydrogens (tertiary/aromatic N) is 2. The third-order valence-electron chi connectivity index (χ3n) is 6.16. The number of thioether (sulfide) groups is 1. The fourth-order valence-electron chi connectivity index (χ4n) is 4.42. The number of ether oxygens (including phenoxy) is 1. The van der Waals surface area contributed by atoms with Gasteiger partial charge in [-0.15, -0.1) is 0 Å². The van der Waals surface area contributed by atoms with Crippen molar-refractivity contribution in [3.63, 3.8) is 0 Å². The van der Waals surface area contributed by atoms with Gasteiger partial charge in [-0.05, 0) is 49.7 Å². The Morgan fingerprint density at radius 1 is 1.31 bits per heavy atom. The number of aromatic nitrogens is 1. The topological polar surface area (TPSA) is 37.4 Å². The van der Waals surface area contributed by atoms with E-state index in [1.807, 2.05) is 23.9 Å². The number of likely N-dealkylation sites (tertiary alicyclic amines) is 1. The Bertz CT molecular complexity index is 746. The van der Waals surface area contributed by atoms with Crippen LogP contribution < -0.4 is 10.1 Å². The molecule has 162 valence electrons. The van der Waals surface area contributed by atoms with Crippen LogP contribution in [0.25, 0.3) is 0 Å². The van der Waals surface area contributed by atoms with Crippen molar-refractivity contribution in [2.75, 3.05) is 13.1 Å². The Hall–Kier alpha value is -1.27. The van der Waals surface area contributed by atoms with Crippen molar-refractivity contribution < 1.29 is 9.13 Å². The Balaban J connectivity index is 1.75. The fraction of sp³-hybridized carbons (Fsp3) is 0.696. The maximum atomic E-state index is 13.4. The van der Waals surface area contributed by atoms with Crippen LogP contribution in [0.5, 0.6) is 5.88 Å². The summed E-state index contributed by atoms with van der Waals surface area (Å²) in [5.41, 5.74) is 2.41. The third-order valence-corrected chi connectivity index (χ3v) is 7.67. The molecule has 0 aliphatic carbocycles. The molecular formula is C23H36FN3OS. The average molecular weight is 422 g/mol. The van der Waals surface area contributed by atoms with Gasteiger partial charge in [-0.3, -0.25) is 4.90 Å². The van der Waals surface area contributed by atoms with E-state index in [1.54, 1.807) is 6.20 Å². The zero-order valence-electron chi connectivity index (χ0n) is 18.8. The number of alkyl halides is 1. The molecule has 5 atom stereocenters. The summed E-state index contributed by atoms with van der Waals surface area (Å²) in [5.74, 6) is 1.78. The van der Waals surface area contributed by atoms with E-state index in [2.05, 4.69) is 56.7 Å². The normalized spacial score (nSPS) is 28.2. The molecule has 4 unspecified atom stereocenters. The highest BCUT2D eigenvalue weighted by Gasteiger charge is 2.37. The molecule has 2 aliphatic rings. The van der Waals surface area contributed by atoms with Crippen molar-refractivity contribution in [1.29, 1.82) is 0 Å². The summed E-state index contributed by atoms with van der Waals surface area (Å²) in [6.07, 6.45) is 1.56. The van der Waals surface area contributed by atoms with Crippen LogP contribution >= 0.6 is 11.8 Å². The van der Waals surface area contributed by atoms with Gasteiger partial charge in [0.05, 0.1) is 0 Å². The van der Waals surface area contributed by atoms with E-state index in [-0.39, 0.29) is 5.37 Å². The van der Waals surface area contributed by atoms with Crippen LogP contribution in [0.2, 0.25) is 0 Å². The zero-order chi connectivity index (χ0) is 21.3. The first kappa shape index (κ1) is 22.4. The number of rotatable bonds is 5. The Labute approximate surface area is 179 Å². The first-order chi connectivity index (χ1) is 13.6. The van der Waals surface area contributed by atoms with Crippen LogP contribution in [0.1, 0.15) is 65.8 Å².